The zero-order valence-electron chi connectivity index (χ0n) is 9.63. The van der Waals surface area contributed by atoms with E-state index in [1.165, 1.54) is 0 Å². The number of benzene rings is 1. The molecule has 0 heterocycles. The largest absolute Gasteiger partial charge is 0.379 e. The number of rotatable bonds is 6. The van der Waals surface area contributed by atoms with Crippen molar-refractivity contribution in [1.82, 2.24) is 5.32 Å². The molecule has 3 nitrogen and oxygen atoms in total. The van der Waals surface area contributed by atoms with Gasteiger partial charge in [-0.15, -0.1) is 0 Å². The zero-order chi connectivity index (χ0) is 12.7. The van der Waals surface area contributed by atoms with Crippen LogP contribution < -0.4 is 5.32 Å². The van der Waals surface area contributed by atoms with E-state index in [4.69, 9.17) is 4.74 Å². The lowest BCUT2D eigenvalue weighted by Gasteiger charge is -2.08. The van der Waals surface area contributed by atoms with Gasteiger partial charge in [-0.3, -0.25) is 4.79 Å². The number of nitrogens with one attached hydrogen (secondary N) is 1. The van der Waals surface area contributed by atoms with Gasteiger partial charge in [0.25, 0.3) is 5.91 Å². The summed E-state index contributed by atoms with van der Waals surface area (Å²) in [5.74, 6) is -0.0805. The minimum Gasteiger partial charge on any atom is -0.379 e. The Bertz CT molecular complexity index is 383. The monoisotopic (exact) mass is 363 g/mol. The summed E-state index contributed by atoms with van der Waals surface area (Å²) in [5, 5.41) is 3.63. The van der Waals surface area contributed by atoms with Crippen LogP contribution in [-0.4, -0.2) is 31.0 Å². The molecule has 1 amide bonds. The van der Waals surface area contributed by atoms with Crippen molar-refractivity contribution in [3.05, 3.63) is 33.8 Å². The minimum absolute atomic E-state index is 0.0805. The SMILES string of the molecule is Cc1cccc(C(=O)NCCOCCBr)c1Br. The van der Waals surface area contributed by atoms with E-state index >= 15 is 0 Å². The number of hydrogen-bond acceptors (Lipinski definition) is 2. The van der Waals surface area contributed by atoms with Crippen LogP contribution in [0.25, 0.3) is 0 Å². The third-order valence-electron chi connectivity index (χ3n) is 2.19. The standard InChI is InChI=1S/C12H15Br2NO2/c1-9-3-2-4-10(11(9)14)12(16)15-6-8-17-7-5-13/h2-4H,5-8H2,1H3,(H,15,16). The van der Waals surface area contributed by atoms with Crippen molar-refractivity contribution >= 4 is 37.8 Å². The van der Waals surface area contributed by atoms with E-state index in [0.717, 1.165) is 15.4 Å². The van der Waals surface area contributed by atoms with Crippen molar-refractivity contribution in [2.24, 2.45) is 0 Å². The highest BCUT2D eigenvalue weighted by molar-refractivity contribution is 9.10. The molecule has 0 saturated carbocycles. The Labute approximate surface area is 118 Å². The first-order valence-electron chi connectivity index (χ1n) is 5.34. The van der Waals surface area contributed by atoms with E-state index in [-0.39, 0.29) is 5.91 Å². The van der Waals surface area contributed by atoms with Crippen LogP contribution in [0, 0.1) is 6.92 Å². The summed E-state index contributed by atoms with van der Waals surface area (Å²) in [4.78, 5) is 11.8. The fourth-order valence-corrected chi connectivity index (χ4v) is 1.98. The number of aryl methyl sites for hydroxylation is 1. The van der Waals surface area contributed by atoms with E-state index in [9.17, 15) is 4.79 Å². The molecule has 0 saturated heterocycles. The molecule has 1 aromatic carbocycles. The predicted molar refractivity (Wildman–Crippen MR) is 75.8 cm³/mol. The number of halogens is 2. The highest BCUT2D eigenvalue weighted by Gasteiger charge is 2.10. The Morgan fingerprint density at radius 3 is 2.88 bits per heavy atom. The second-order valence-electron chi connectivity index (χ2n) is 3.49. The van der Waals surface area contributed by atoms with Gasteiger partial charge in [0.15, 0.2) is 0 Å². The van der Waals surface area contributed by atoms with Gasteiger partial charge in [0, 0.05) is 16.3 Å². The van der Waals surface area contributed by atoms with Gasteiger partial charge in [-0.05, 0) is 34.5 Å². The fourth-order valence-electron chi connectivity index (χ4n) is 1.31. The molecule has 0 radical (unpaired) electrons. The Kier molecular flexibility index (Phi) is 6.77. The van der Waals surface area contributed by atoms with Crippen LogP contribution >= 0.6 is 31.9 Å². The number of carbonyl (C=O) groups excluding carboxylic acids is 1. The summed E-state index contributed by atoms with van der Waals surface area (Å²) < 4.78 is 6.10. The maximum atomic E-state index is 11.8. The average Bonchev–Trinajstić information content (AvgIpc) is 2.32. The van der Waals surface area contributed by atoms with Crippen molar-refractivity contribution in [2.45, 2.75) is 6.92 Å². The molecule has 0 aliphatic carbocycles. The molecule has 5 heteroatoms. The van der Waals surface area contributed by atoms with Gasteiger partial charge < -0.3 is 10.1 Å². The number of alkyl halides is 1. The summed E-state index contributed by atoms with van der Waals surface area (Å²) in [6.07, 6.45) is 0. The van der Waals surface area contributed by atoms with E-state index < -0.39 is 0 Å². The third-order valence-corrected chi connectivity index (χ3v) is 3.57. The van der Waals surface area contributed by atoms with E-state index in [0.29, 0.717) is 25.3 Å². The zero-order valence-corrected chi connectivity index (χ0v) is 12.8. The molecule has 1 rings (SSSR count). The molecule has 1 aromatic rings. The quantitative estimate of drug-likeness (QED) is 0.622. The minimum atomic E-state index is -0.0805. The summed E-state index contributed by atoms with van der Waals surface area (Å²) in [5.41, 5.74) is 1.71. The predicted octanol–water partition coefficient (Wildman–Crippen LogP) is 2.90. The molecular formula is C12H15Br2NO2. The maximum absolute atomic E-state index is 11.8. The molecule has 0 unspecified atom stereocenters. The van der Waals surface area contributed by atoms with Crippen molar-refractivity contribution in [3.8, 4) is 0 Å². The number of carbonyl (C=O) groups is 1. The smallest absolute Gasteiger partial charge is 0.252 e. The second-order valence-corrected chi connectivity index (χ2v) is 5.08. The van der Waals surface area contributed by atoms with Crippen LogP contribution in [0.5, 0.6) is 0 Å². The normalized spacial score (nSPS) is 10.3. The molecule has 0 aliphatic heterocycles. The lowest BCUT2D eigenvalue weighted by Crippen LogP contribution is -2.27. The summed E-state index contributed by atoms with van der Waals surface area (Å²) >= 11 is 6.68. The van der Waals surface area contributed by atoms with Crippen LogP contribution in [0.2, 0.25) is 0 Å². The van der Waals surface area contributed by atoms with Gasteiger partial charge in [0.05, 0.1) is 18.8 Å². The van der Waals surface area contributed by atoms with Crippen molar-refractivity contribution < 1.29 is 9.53 Å². The second kappa shape index (κ2) is 7.84. The molecular weight excluding hydrogens is 350 g/mol. The average molecular weight is 365 g/mol. The molecule has 0 aromatic heterocycles. The van der Waals surface area contributed by atoms with Crippen LogP contribution in [0.15, 0.2) is 22.7 Å². The number of ether oxygens (including phenoxy) is 1. The lowest BCUT2D eigenvalue weighted by molar-refractivity contribution is 0.0923. The lowest BCUT2D eigenvalue weighted by atomic mass is 10.1. The van der Waals surface area contributed by atoms with Gasteiger partial charge >= 0.3 is 0 Å². The maximum Gasteiger partial charge on any atom is 0.252 e. The Balaban J connectivity index is 2.44. The van der Waals surface area contributed by atoms with Crippen LogP contribution in [0.4, 0.5) is 0 Å². The van der Waals surface area contributed by atoms with Crippen molar-refractivity contribution in [2.75, 3.05) is 25.1 Å². The Morgan fingerprint density at radius 2 is 2.18 bits per heavy atom. The summed E-state index contributed by atoms with van der Waals surface area (Å²) in [7, 11) is 0. The first kappa shape index (κ1) is 14.7. The van der Waals surface area contributed by atoms with Crippen molar-refractivity contribution in [1.29, 1.82) is 0 Å². The molecule has 0 spiro atoms. The van der Waals surface area contributed by atoms with Gasteiger partial charge in [-0.2, -0.15) is 0 Å². The van der Waals surface area contributed by atoms with Crippen LogP contribution in [0.3, 0.4) is 0 Å². The van der Waals surface area contributed by atoms with Crippen molar-refractivity contribution in [3.63, 3.8) is 0 Å². The van der Waals surface area contributed by atoms with Gasteiger partial charge in [0.1, 0.15) is 0 Å². The number of amides is 1. The highest BCUT2D eigenvalue weighted by atomic mass is 79.9. The van der Waals surface area contributed by atoms with Crippen LogP contribution in [-0.2, 0) is 4.74 Å². The Hall–Kier alpha value is -0.390. The first-order valence-corrected chi connectivity index (χ1v) is 7.25. The summed E-state index contributed by atoms with van der Waals surface area (Å²) in [6.45, 7) is 3.66. The highest BCUT2D eigenvalue weighted by Crippen LogP contribution is 2.20. The number of hydrogen-bond donors (Lipinski definition) is 1. The molecule has 0 fully saturated rings. The third kappa shape index (κ3) is 4.77. The van der Waals surface area contributed by atoms with E-state index in [1.807, 2.05) is 19.1 Å². The van der Waals surface area contributed by atoms with E-state index in [2.05, 4.69) is 37.2 Å². The Morgan fingerprint density at radius 1 is 1.41 bits per heavy atom. The molecule has 17 heavy (non-hydrogen) atoms. The molecule has 0 atom stereocenters. The van der Waals surface area contributed by atoms with Gasteiger partial charge in [-0.1, -0.05) is 28.1 Å². The molecule has 1 N–H and O–H groups in total. The van der Waals surface area contributed by atoms with E-state index in [1.54, 1.807) is 6.07 Å². The van der Waals surface area contributed by atoms with Gasteiger partial charge in [0.2, 0.25) is 0 Å². The molecule has 0 aliphatic rings. The molecule has 94 valence electrons. The fraction of sp³-hybridized carbons (Fsp3) is 0.417. The van der Waals surface area contributed by atoms with Crippen LogP contribution in [0.1, 0.15) is 15.9 Å². The topological polar surface area (TPSA) is 38.3 Å². The summed E-state index contributed by atoms with van der Waals surface area (Å²) in [6, 6.07) is 5.63. The first-order chi connectivity index (χ1) is 8.16. The molecule has 0 bridgehead atoms. The van der Waals surface area contributed by atoms with Gasteiger partial charge in [-0.25, -0.2) is 0 Å².